The van der Waals surface area contributed by atoms with Crippen LogP contribution < -0.4 is 27.0 Å². The Morgan fingerprint density at radius 2 is 0.767 bits per heavy atom. The number of hydrogen-bond donors (Lipinski definition) is 5. The van der Waals surface area contributed by atoms with Crippen LogP contribution in [0, 0.1) is 60.0 Å². The number of carbonyl (C=O) groups excluding carboxylic acids is 8. The molecule has 8 amide bonds. The molecule has 5 aromatic carbocycles. The number of carbonyl (C=O) groups is 8. The van der Waals surface area contributed by atoms with E-state index in [9.17, 15) is 47.1 Å². The maximum absolute atomic E-state index is 14.1. The van der Waals surface area contributed by atoms with Crippen LogP contribution in [0.2, 0.25) is 0 Å². The van der Waals surface area contributed by atoms with E-state index in [0.29, 0.717) is 97.7 Å². The molecule has 0 radical (unpaired) electrons. The highest BCUT2D eigenvalue weighted by Gasteiger charge is 2.47. The summed E-state index contributed by atoms with van der Waals surface area (Å²) in [6.07, 6.45) is 17.7. The summed E-state index contributed by atoms with van der Waals surface area (Å²) in [6, 6.07) is 32.7. The average molecular weight is 2060 g/mol. The Kier molecular flexibility index (Phi) is 36.1. The third-order valence-electron chi connectivity index (χ3n) is 30.7. The number of nitrogens with one attached hydrogen (secondary N) is 4. The van der Waals surface area contributed by atoms with Crippen molar-refractivity contribution in [1.29, 1.82) is 0 Å². The van der Waals surface area contributed by atoms with Gasteiger partial charge in [-0.05, 0) is 224 Å². The molecule has 9 aliphatic heterocycles. The summed E-state index contributed by atoms with van der Waals surface area (Å²) in [4.78, 5) is 148. The lowest BCUT2D eigenvalue weighted by Crippen LogP contribution is -2.56. The fraction of sp³-hybridized carbons (Fsp3) is 0.509. The molecule has 28 nitrogen and oxygen atoms in total. The van der Waals surface area contributed by atoms with Gasteiger partial charge in [-0.1, -0.05) is 115 Å². The number of pyridine rings is 2. The second-order valence-corrected chi connectivity index (χ2v) is 43.6. The van der Waals surface area contributed by atoms with Gasteiger partial charge in [0.25, 0.3) is 0 Å². The third kappa shape index (κ3) is 24.7. The summed E-state index contributed by atoms with van der Waals surface area (Å²) < 4.78 is 50.1. The summed E-state index contributed by atoms with van der Waals surface area (Å²) in [5.41, 5.74) is 17.3. The van der Waals surface area contributed by atoms with Gasteiger partial charge in [-0.25, -0.2) is 28.7 Å². The Morgan fingerprint density at radius 3 is 1.21 bits per heavy atom. The van der Waals surface area contributed by atoms with Crippen molar-refractivity contribution in [3.8, 4) is 33.8 Å². The predicted octanol–water partition coefficient (Wildman–Crippen LogP) is 18.9. The fourth-order valence-corrected chi connectivity index (χ4v) is 25.2. The second kappa shape index (κ2) is 49.7. The van der Waals surface area contributed by atoms with Gasteiger partial charge >= 0.3 is 0 Å². The van der Waals surface area contributed by atoms with Crippen molar-refractivity contribution < 1.29 is 66.1 Å². The lowest BCUT2D eigenvalue weighted by molar-refractivity contribution is -0.141. The van der Waals surface area contributed by atoms with E-state index in [1.165, 1.54) is 57.7 Å². The van der Waals surface area contributed by atoms with Crippen molar-refractivity contribution in [3.63, 3.8) is 0 Å². The maximum Gasteiger partial charge on any atom is 0.246 e. The zero-order valence-corrected chi connectivity index (χ0v) is 88.0. The van der Waals surface area contributed by atoms with Gasteiger partial charge in [0.2, 0.25) is 47.3 Å². The van der Waals surface area contributed by atoms with E-state index in [1.54, 1.807) is 34.8 Å². The zero-order chi connectivity index (χ0) is 102. The molecule has 12 atom stereocenters. The van der Waals surface area contributed by atoms with E-state index in [4.69, 9.17) is 44.6 Å². The maximum atomic E-state index is 14.1. The zero-order valence-electron chi connectivity index (χ0n) is 84.7. The van der Waals surface area contributed by atoms with Crippen LogP contribution in [0.3, 0.4) is 0 Å². The van der Waals surface area contributed by atoms with Gasteiger partial charge in [-0.2, -0.15) is 0 Å². The van der Waals surface area contributed by atoms with Crippen LogP contribution in [0.4, 0.5) is 8.78 Å². The van der Waals surface area contributed by atoms with Gasteiger partial charge in [0.15, 0.2) is 0 Å². The summed E-state index contributed by atoms with van der Waals surface area (Å²) in [7, 11) is 0. The first-order valence-electron chi connectivity index (χ1n) is 52.5. The molecular weight excluding hydrogens is 1930 g/mol. The van der Waals surface area contributed by atoms with E-state index in [-0.39, 0.29) is 124 Å². The Morgan fingerprint density at radius 1 is 0.390 bits per heavy atom. The number of benzene rings is 5. The van der Waals surface area contributed by atoms with Gasteiger partial charge in [-0.3, -0.25) is 53.3 Å². The van der Waals surface area contributed by atoms with Crippen molar-refractivity contribution in [2.75, 3.05) is 79.0 Å². The molecule has 0 spiro atoms. The Balaban J connectivity index is 0.000000133. The molecule has 20 rings (SSSR count). The first-order chi connectivity index (χ1) is 70.9. The van der Waals surface area contributed by atoms with E-state index in [1.807, 2.05) is 134 Å². The highest BCUT2D eigenvalue weighted by atomic mass is 32.1. The molecule has 774 valence electrons. The molecule has 0 aliphatic carbocycles. The van der Waals surface area contributed by atoms with Gasteiger partial charge < -0.3 is 65.5 Å². The van der Waals surface area contributed by atoms with E-state index in [2.05, 4.69) is 83.4 Å². The number of likely N-dealkylation sites (tertiary alicyclic amines) is 4. The Labute approximate surface area is 868 Å². The molecule has 0 bridgehead atoms. The third-order valence-corrected chi connectivity index (χ3v) is 34.5. The molecule has 6 N–H and O–H groups in total. The number of halogens is 2. The van der Waals surface area contributed by atoms with E-state index < -0.39 is 30.2 Å². The fourth-order valence-electron chi connectivity index (χ4n) is 21.4. The van der Waals surface area contributed by atoms with Crippen LogP contribution in [-0.4, -0.2) is 212 Å². The average Bonchev–Trinajstić information content (AvgIpc) is 1.75. The van der Waals surface area contributed by atoms with Crippen molar-refractivity contribution in [2.45, 2.75) is 245 Å². The van der Waals surface area contributed by atoms with E-state index >= 15 is 0 Å². The molecule has 0 unspecified atom stereocenters. The van der Waals surface area contributed by atoms with Crippen LogP contribution in [0.5, 0.6) is 0 Å². The molecule has 8 saturated heterocycles. The lowest BCUT2D eigenvalue weighted by atomic mass is 9.90. The molecule has 0 saturated carbocycles. The number of ether oxygens (including phenoxy) is 4. The molecule has 34 heteroatoms. The van der Waals surface area contributed by atoms with Gasteiger partial charge in [0, 0.05) is 163 Å². The number of fused-ring (bicyclic) bond motifs is 4. The molecule has 15 heterocycles. The number of aliphatic imine (C=N–C) groups is 1. The monoisotopic (exact) mass is 2060 g/mol. The number of amides is 8. The molecule has 11 aromatic rings. The number of thiazole rings is 4. The van der Waals surface area contributed by atoms with Crippen molar-refractivity contribution in [3.05, 3.63) is 197 Å². The number of rotatable bonds is 28. The van der Waals surface area contributed by atoms with Crippen LogP contribution in [-0.2, 0) is 63.8 Å². The standard InChI is InChI=1S/C29H35FN4O3S.2C28H34N4O3S.C27H33FN4O3S/c1-4-17(2)27(35)33-26(19-9-12-37-13-10-19)29(36)34-11-5-6-25(34)28-32-24(16-38-28)21-14-18(3)31-23-8-7-20(30)15-22(21)23;1-3-18(2)26(33)31-25(19-11-15-35-16-12-19)28(34)32-14-6-9-24(32)27-30-23(17-36-27)21-10-13-29-22-8-5-4-7-20(21)22;1-2-22(29)26(33)31-25(19-12-15-35-16-13-19)28(34)32-14-6-11-24(32)27-30-23(17-36-27)21-10-5-8-18-7-3-4-9-20(18)21;1-3-16(2)25(33)31-23(17-8-11-35-12-9-17)27(34)32-10-4-5-22(32)26-30-21(15-36-26)24-20-13-19(28)7-6-18(20)14-29-24/h7-8,14-17,19,25-26H,4-6,9-13H2,1-3H3,(H,33,35);4-5,7-8,10,13,17-19,24-25H,3,6,9,11-12,14-16H2,1-2H3,(H,31,33);3-5,7-10,17,19,22,24-25H,2,6,11-16,29H2,1H3,(H,31,33);6-7,13,15-17,22-23H,3-5,8-12,14H2,1-2H3,(H,31,33)/t17-,25+,26+;18-,24+,25+;22-,24-,25-;16-,22+,23+/m1101/s1. The number of hydrogen-bond acceptors (Lipinski definition) is 24. The molecule has 6 aromatic heterocycles. The minimum atomic E-state index is -0.614. The Bertz CT molecular complexity index is 6250. The number of aryl methyl sites for hydroxylation is 1. The molecule has 8 fully saturated rings. The lowest BCUT2D eigenvalue weighted by Gasteiger charge is -2.35. The first kappa shape index (κ1) is 106. The SMILES string of the molecule is CC[C@@H](C)C(=O)N[C@H](C(=O)N1CCC[C@H]1c1nc(-c2cc(C)nc3ccc(F)cc23)cs1)C1CCOCC1.CC[C@@H](C)C(=O)N[C@H](C(=O)N1CCC[C@H]1c1nc(-c2ccnc3ccccc23)cs1)C1CCOCC1.CC[C@@H](C)C(=O)N[C@H](C(=O)N1CCC[C@H]1c1nc(C2=NCc3ccc(F)cc32)cs1)C1CCOCC1.CC[C@H](N)C(=O)N[C@H](C(=O)N1CCC[C@H]1c1nc(-c2cccc3ccccc23)cs1)C1CCOCC1. The number of nitrogens with two attached hydrogens (primary N) is 1. The first-order valence-corrected chi connectivity index (χ1v) is 56.0. The largest absolute Gasteiger partial charge is 0.381 e. The Hall–Kier alpha value is -11.2. The molecule has 146 heavy (non-hydrogen) atoms. The summed E-state index contributed by atoms with van der Waals surface area (Å²) in [6.45, 7) is 23.5. The minimum absolute atomic E-state index is 0.0205. The van der Waals surface area contributed by atoms with Crippen LogP contribution in [0.25, 0.3) is 66.4 Å². The van der Waals surface area contributed by atoms with Crippen molar-refractivity contribution in [1.82, 2.24) is 70.8 Å². The number of para-hydroxylation sites is 1. The van der Waals surface area contributed by atoms with Gasteiger partial charge in [0.1, 0.15) is 61.5 Å². The number of aromatic nitrogens is 6. The topological polar surface area (TPSA) is 350 Å². The molecular formula is C112H136F2N16O12S4. The minimum Gasteiger partial charge on any atom is -0.381 e. The quantitative estimate of drug-likeness (QED) is 0.0304. The molecule has 9 aliphatic rings. The predicted molar refractivity (Wildman–Crippen MR) is 567 cm³/mol. The van der Waals surface area contributed by atoms with Crippen molar-refractivity contribution >= 4 is 131 Å². The van der Waals surface area contributed by atoms with E-state index in [0.717, 1.165) is 220 Å². The smallest absolute Gasteiger partial charge is 0.246 e. The summed E-state index contributed by atoms with van der Waals surface area (Å²) >= 11 is 6.26. The van der Waals surface area contributed by atoms with Gasteiger partial charge in [-0.15, -0.1) is 45.3 Å². The highest BCUT2D eigenvalue weighted by Crippen LogP contribution is 2.45. The van der Waals surface area contributed by atoms with Crippen LogP contribution in [0.15, 0.2) is 148 Å². The number of nitrogens with zero attached hydrogens (tertiary/aromatic N) is 11. The summed E-state index contributed by atoms with van der Waals surface area (Å²) in [5.74, 6) is -1.26. The normalized spacial score (nSPS) is 20.6. The summed E-state index contributed by atoms with van der Waals surface area (Å²) in [5, 5.41) is 28.2. The van der Waals surface area contributed by atoms with Crippen LogP contribution >= 0.6 is 45.3 Å². The van der Waals surface area contributed by atoms with Crippen LogP contribution in [0.1, 0.15) is 244 Å². The second-order valence-electron chi connectivity index (χ2n) is 40.1. The highest BCUT2D eigenvalue weighted by molar-refractivity contribution is 7.11. The van der Waals surface area contributed by atoms with Crippen molar-refractivity contribution in [2.24, 2.45) is 52.2 Å². The van der Waals surface area contributed by atoms with Gasteiger partial charge in [0.05, 0.1) is 70.6 Å².